The first-order valence-corrected chi connectivity index (χ1v) is 6.50. The molecule has 1 saturated heterocycles. The Bertz CT molecular complexity index is 573. The average Bonchev–Trinajstić information content (AvgIpc) is 3.08. The van der Waals surface area contributed by atoms with Gasteiger partial charge in [-0.3, -0.25) is 0 Å². The van der Waals surface area contributed by atoms with Crippen molar-refractivity contribution in [2.45, 2.75) is 18.6 Å². The number of ether oxygens (including phenoxy) is 1. The molecule has 100 valence electrons. The van der Waals surface area contributed by atoms with Gasteiger partial charge in [-0.05, 0) is 18.6 Å². The van der Waals surface area contributed by atoms with Gasteiger partial charge in [-0.1, -0.05) is 28.9 Å². The van der Waals surface area contributed by atoms with Crippen molar-refractivity contribution in [2.75, 3.05) is 13.7 Å². The number of nitrogens with one attached hydrogen (secondary N) is 1. The maximum atomic E-state index is 6.12. The molecule has 0 aliphatic carbocycles. The maximum absolute atomic E-state index is 6.12. The van der Waals surface area contributed by atoms with Crippen molar-refractivity contribution in [3.8, 4) is 11.4 Å². The number of nitrogens with zero attached hydrogens (tertiary/aromatic N) is 2. The first kappa shape index (κ1) is 12.6. The van der Waals surface area contributed by atoms with Crippen LogP contribution >= 0.6 is 11.6 Å². The maximum Gasteiger partial charge on any atom is 0.244 e. The summed E-state index contributed by atoms with van der Waals surface area (Å²) in [6.45, 7) is 0.797. The molecule has 1 aliphatic heterocycles. The van der Waals surface area contributed by atoms with E-state index in [0.717, 1.165) is 18.5 Å². The van der Waals surface area contributed by atoms with E-state index in [1.54, 1.807) is 7.11 Å². The fraction of sp³-hybridized carbons (Fsp3) is 0.385. The molecule has 2 atom stereocenters. The number of rotatable bonds is 3. The van der Waals surface area contributed by atoms with Gasteiger partial charge in [0.15, 0.2) is 0 Å². The summed E-state index contributed by atoms with van der Waals surface area (Å²) in [4.78, 5) is 4.41. The lowest BCUT2D eigenvalue weighted by Crippen LogP contribution is -2.16. The zero-order valence-electron chi connectivity index (χ0n) is 10.5. The van der Waals surface area contributed by atoms with Crippen LogP contribution in [0.5, 0.6) is 0 Å². The van der Waals surface area contributed by atoms with Gasteiger partial charge in [-0.25, -0.2) is 0 Å². The number of halogens is 1. The van der Waals surface area contributed by atoms with Gasteiger partial charge in [0.25, 0.3) is 0 Å². The van der Waals surface area contributed by atoms with Crippen LogP contribution in [0.4, 0.5) is 0 Å². The van der Waals surface area contributed by atoms with E-state index in [1.807, 2.05) is 24.3 Å². The summed E-state index contributed by atoms with van der Waals surface area (Å²) in [5, 5.41) is 7.91. The largest absolute Gasteiger partial charge is 0.380 e. The van der Waals surface area contributed by atoms with Crippen LogP contribution in [0.3, 0.4) is 0 Å². The first-order valence-electron chi connectivity index (χ1n) is 6.12. The third-order valence-electron chi connectivity index (χ3n) is 3.28. The summed E-state index contributed by atoms with van der Waals surface area (Å²) in [6, 6.07) is 7.49. The van der Waals surface area contributed by atoms with E-state index in [0.29, 0.717) is 16.7 Å². The highest BCUT2D eigenvalue weighted by Gasteiger charge is 2.29. The molecule has 1 N–H and O–H groups in total. The molecule has 2 heterocycles. The van der Waals surface area contributed by atoms with Gasteiger partial charge in [0.1, 0.15) is 0 Å². The van der Waals surface area contributed by atoms with Gasteiger partial charge in [0.2, 0.25) is 11.7 Å². The Kier molecular flexibility index (Phi) is 3.50. The Balaban J connectivity index is 1.82. The standard InChI is InChI=1S/C13H14ClN3O2/c1-18-8-6-11(15-7-8)13-16-12(17-19-13)9-4-2-3-5-10(9)14/h2-5,8,11,15H,6-7H2,1H3. The number of aromatic nitrogens is 2. The molecule has 0 bridgehead atoms. The minimum Gasteiger partial charge on any atom is -0.380 e. The highest BCUT2D eigenvalue weighted by Crippen LogP contribution is 2.28. The summed E-state index contributed by atoms with van der Waals surface area (Å²) in [5.74, 6) is 1.10. The van der Waals surface area contributed by atoms with Crippen molar-refractivity contribution in [3.63, 3.8) is 0 Å². The van der Waals surface area contributed by atoms with Crippen LogP contribution in [-0.4, -0.2) is 29.9 Å². The van der Waals surface area contributed by atoms with Crippen molar-refractivity contribution in [2.24, 2.45) is 0 Å². The van der Waals surface area contributed by atoms with Crippen LogP contribution < -0.4 is 5.32 Å². The smallest absolute Gasteiger partial charge is 0.244 e. The molecule has 3 rings (SSSR count). The second-order valence-corrected chi connectivity index (χ2v) is 4.90. The molecule has 1 fully saturated rings. The fourth-order valence-electron chi connectivity index (χ4n) is 2.20. The number of hydrogen-bond acceptors (Lipinski definition) is 5. The van der Waals surface area contributed by atoms with Crippen molar-refractivity contribution < 1.29 is 9.26 Å². The molecule has 19 heavy (non-hydrogen) atoms. The molecule has 1 aliphatic rings. The average molecular weight is 280 g/mol. The van der Waals surface area contributed by atoms with Crippen molar-refractivity contribution in [3.05, 3.63) is 35.2 Å². The molecule has 6 heteroatoms. The molecule has 0 spiro atoms. The highest BCUT2D eigenvalue weighted by atomic mass is 35.5. The molecule has 1 aromatic heterocycles. The molecule has 2 unspecified atom stereocenters. The fourth-order valence-corrected chi connectivity index (χ4v) is 2.42. The van der Waals surface area contributed by atoms with E-state index in [2.05, 4.69) is 15.5 Å². The second-order valence-electron chi connectivity index (χ2n) is 4.49. The van der Waals surface area contributed by atoms with Gasteiger partial charge >= 0.3 is 0 Å². The Hall–Kier alpha value is -1.43. The third kappa shape index (κ3) is 2.49. The second kappa shape index (κ2) is 5.28. The van der Waals surface area contributed by atoms with E-state index in [-0.39, 0.29) is 12.1 Å². The molecule has 0 radical (unpaired) electrons. The van der Waals surface area contributed by atoms with Crippen molar-refractivity contribution in [1.29, 1.82) is 0 Å². The summed E-state index contributed by atoms with van der Waals surface area (Å²) in [5.41, 5.74) is 0.778. The Morgan fingerprint density at radius 3 is 3.00 bits per heavy atom. The lowest BCUT2D eigenvalue weighted by atomic mass is 10.2. The van der Waals surface area contributed by atoms with Crippen molar-refractivity contribution in [1.82, 2.24) is 15.5 Å². The molecule has 2 aromatic rings. The summed E-state index contributed by atoms with van der Waals surface area (Å²) in [7, 11) is 1.71. The SMILES string of the molecule is COC1CNC(c2nc(-c3ccccc3Cl)no2)C1. The van der Waals surface area contributed by atoms with Crippen LogP contribution in [0.2, 0.25) is 5.02 Å². The van der Waals surface area contributed by atoms with Crippen LogP contribution in [0.1, 0.15) is 18.4 Å². The predicted molar refractivity (Wildman–Crippen MR) is 70.9 cm³/mol. The van der Waals surface area contributed by atoms with Crippen LogP contribution in [0.15, 0.2) is 28.8 Å². The number of hydrogen-bond donors (Lipinski definition) is 1. The topological polar surface area (TPSA) is 60.2 Å². The number of benzene rings is 1. The Labute approximate surface area is 115 Å². The van der Waals surface area contributed by atoms with Gasteiger partial charge in [0, 0.05) is 19.2 Å². The first-order chi connectivity index (χ1) is 9.28. The summed E-state index contributed by atoms with van der Waals surface area (Å²) >= 11 is 6.12. The van der Waals surface area contributed by atoms with E-state index in [4.69, 9.17) is 20.9 Å². The highest BCUT2D eigenvalue weighted by molar-refractivity contribution is 6.33. The molecular formula is C13H14ClN3O2. The number of methoxy groups -OCH3 is 1. The zero-order chi connectivity index (χ0) is 13.2. The Morgan fingerprint density at radius 1 is 1.42 bits per heavy atom. The normalized spacial score (nSPS) is 22.8. The van der Waals surface area contributed by atoms with Crippen molar-refractivity contribution >= 4 is 11.6 Å². The van der Waals surface area contributed by atoms with Gasteiger partial charge in [-0.2, -0.15) is 4.98 Å². The minimum atomic E-state index is 0.0497. The molecule has 5 nitrogen and oxygen atoms in total. The van der Waals surface area contributed by atoms with Gasteiger partial charge < -0.3 is 14.6 Å². The molecule has 0 amide bonds. The van der Waals surface area contributed by atoms with Gasteiger partial charge in [0.05, 0.1) is 17.2 Å². The summed E-state index contributed by atoms with van der Waals surface area (Å²) in [6.07, 6.45) is 1.03. The zero-order valence-corrected chi connectivity index (χ0v) is 11.2. The van der Waals surface area contributed by atoms with E-state index in [1.165, 1.54) is 0 Å². The predicted octanol–water partition coefficient (Wildman–Crippen LogP) is 2.44. The van der Waals surface area contributed by atoms with Crippen LogP contribution in [-0.2, 0) is 4.74 Å². The lowest BCUT2D eigenvalue weighted by molar-refractivity contribution is 0.116. The van der Waals surface area contributed by atoms with E-state index >= 15 is 0 Å². The molecule has 0 saturated carbocycles. The third-order valence-corrected chi connectivity index (χ3v) is 3.61. The summed E-state index contributed by atoms with van der Waals surface area (Å²) < 4.78 is 10.6. The van der Waals surface area contributed by atoms with Crippen LogP contribution in [0.25, 0.3) is 11.4 Å². The molecule has 1 aromatic carbocycles. The Morgan fingerprint density at radius 2 is 2.26 bits per heavy atom. The van der Waals surface area contributed by atoms with Crippen LogP contribution in [0, 0.1) is 0 Å². The molecular weight excluding hydrogens is 266 g/mol. The monoisotopic (exact) mass is 279 g/mol. The van der Waals surface area contributed by atoms with Gasteiger partial charge in [-0.15, -0.1) is 0 Å². The van der Waals surface area contributed by atoms with E-state index < -0.39 is 0 Å². The van der Waals surface area contributed by atoms with E-state index in [9.17, 15) is 0 Å². The lowest BCUT2D eigenvalue weighted by Gasteiger charge is -2.04. The quantitative estimate of drug-likeness (QED) is 0.935. The minimum absolute atomic E-state index is 0.0497.